The molecule has 2 nitrogen and oxygen atoms in total. The van der Waals surface area contributed by atoms with Crippen LogP contribution >= 0.6 is 46.3 Å². The van der Waals surface area contributed by atoms with Gasteiger partial charge >= 0.3 is 0 Å². The highest BCUT2D eigenvalue weighted by molar-refractivity contribution is 8.03. The van der Waals surface area contributed by atoms with E-state index >= 15 is 0 Å². The number of fused-ring (bicyclic) bond motifs is 2. The van der Waals surface area contributed by atoms with E-state index in [9.17, 15) is 0 Å². The molecule has 5 aromatic rings. The zero-order valence-corrected chi connectivity index (χ0v) is 29.0. The second-order valence-electron chi connectivity index (χ2n) is 11.3. The number of halogens is 2. The minimum Gasteiger partial charge on any atom is -0.335 e. The lowest BCUT2D eigenvalue weighted by atomic mass is 10.1. The second-order valence-corrected chi connectivity index (χ2v) is 14.3. The number of rotatable bonds is 8. The molecule has 6 heteroatoms. The summed E-state index contributed by atoms with van der Waals surface area (Å²) in [5.41, 5.74) is 8.74. The normalized spacial score (nSPS) is 16.5. The van der Waals surface area contributed by atoms with Crippen molar-refractivity contribution in [3.05, 3.63) is 158 Å². The third-order valence-corrected chi connectivity index (χ3v) is 11.3. The largest absolute Gasteiger partial charge is 0.335 e. The van der Waals surface area contributed by atoms with Gasteiger partial charge in [-0.2, -0.15) is 0 Å². The number of hydrogen-bond donors (Lipinski definition) is 0. The molecule has 0 unspecified atom stereocenters. The molecule has 0 fully saturated rings. The molecule has 0 amide bonds. The van der Waals surface area contributed by atoms with E-state index in [4.69, 9.17) is 23.2 Å². The van der Waals surface area contributed by atoms with Gasteiger partial charge in [-0.05, 0) is 121 Å². The monoisotopic (exact) mass is 676 g/mol. The Hall–Kier alpha value is -3.67. The van der Waals surface area contributed by atoms with E-state index in [1.54, 1.807) is 0 Å². The van der Waals surface area contributed by atoms with Gasteiger partial charge in [0, 0.05) is 42.4 Å². The minimum atomic E-state index is 0.768. The lowest BCUT2D eigenvalue weighted by Gasteiger charge is -2.28. The molecule has 46 heavy (non-hydrogen) atoms. The highest BCUT2D eigenvalue weighted by Gasteiger charge is 2.27. The summed E-state index contributed by atoms with van der Waals surface area (Å²) in [5, 5.41) is 4.04. The van der Waals surface area contributed by atoms with E-state index in [2.05, 4.69) is 133 Å². The Bertz CT molecular complexity index is 1980. The van der Waals surface area contributed by atoms with Crippen LogP contribution in [0.2, 0.25) is 10.0 Å². The van der Waals surface area contributed by atoms with E-state index < -0.39 is 0 Å². The minimum absolute atomic E-state index is 0.768. The highest BCUT2D eigenvalue weighted by atomic mass is 35.5. The van der Waals surface area contributed by atoms with E-state index in [-0.39, 0.29) is 0 Å². The fourth-order valence-electron chi connectivity index (χ4n) is 6.40. The molecule has 0 radical (unpaired) electrons. The summed E-state index contributed by atoms with van der Waals surface area (Å²) in [7, 11) is 0. The molecular formula is C40H34Cl2N2S2. The van der Waals surface area contributed by atoms with Gasteiger partial charge in [-0.25, -0.2) is 0 Å². The molecule has 230 valence electrons. The van der Waals surface area contributed by atoms with Crippen LogP contribution in [0.1, 0.15) is 37.1 Å². The van der Waals surface area contributed by atoms with Crippen LogP contribution in [0.4, 0.5) is 17.1 Å². The SMILES string of the molecule is CCc1c(/C=C/C2=C(N(c3ccccc3)c3ccccc3)C(=C/C=C3/Sc4ccc(Cl)cc4N3CC)/CC2)sc2ccc(Cl)cc12. The van der Waals surface area contributed by atoms with Crippen molar-refractivity contribution in [2.75, 3.05) is 16.3 Å². The van der Waals surface area contributed by atoms with Crippen molar-refractivity contribution in [3.63, 3.8) is 0 Å². The highest BCUT2D eigenvalue weighted by Crippen LogP contribution is 2.48. The molecule has 0 bridgehead atoms. The molecule has 2 aliphatic rings. The number of thioether (sulfide) groups is 1. The molecule has 0 atom stereocenters. The first-order valence-electron chi connectivity index (χ1n) is 15.7. The Morgan fingerprint density at radius 2 is 1.48 bits per heavy atom. The van der Waals surface area contributed by atoms with Gasteiger partial charge in [0.25, 0.3) is 0 Å². The maximum absolute atomic E-state index is 6.40. The molecule has 1 aliphatic carbocycles. The van der Waals surface area contributed by atoms with Crippen molar-refractivity contribution in [1.82, 2.24) is 0 Å². The maximum Gasteiger partial charge on any atom is 0.0801 e. The van der Waals surface area contributed by atoms with E-state index in [0.29, 0.717) is 0 Å². The number of anilines is 3. The van der Waals surface area contributed by atoms with Crippen LogP contribution < -0.4 is 9.80 Å². The van der Waals surface area contributed by atoms with Crippen LogP contribution in [0.15, 0.2) is 142 Å². The molecule has 2 heterocycles. The molecular weight excluding hydrogens is 643 g/mol. The lowest BCUT2D eigenvalue weighted by molar-refractivity contribution is 1.000. The number of nitrogens with zero attached hydrogens (tertiary/aromatic N) is 2. The van der Waals surface area contributed by atoms with Gasteiger partial charge in [0.05, 0.1) is 16.4 Å². The molecule has 0 saturated heterocycles. The topological polar surface area (TPSA) is 6.48 Å². The summed E-state index contributed by atoms with van der Waals surface area (Å²) in [5.74, 6) is 0. The zero-order chi connectivity index (χ0) is 31.6. The van der Waals surface area contributed by atoms with Crippen LogP contribution in [0.25, 0.3) is 16.2 Å². The molecule has 0 spiro atoms. The Labute approximate surface area is 290 Å². The van der Waals surface area contributed by atoms with Gasteiger partial charge in [-0.3, -0.25) is 0 Å². The predicted molar refractivity (Wildman–Crippen MR) is 203 cm³/mol. The van der Waals surface area contributed by atoms with Crippen LogP contribution in [-0.2, 0) is 6.42 Å². The fraction of sp³-hybridized carbons (Fsp3) is 0.150. The number of hydrogen-bond acceptors (Lipinski definition) is 4. The average molecular weight is 678 g/mol. The third kappa shape index (κ3) is 6.08. The maximum atomic E-state index is 6.40. The summed E-state index contributed by atoms with van der Waals surface area (Å²) in [6, 6.07) is 33.9. The lowest BCUT2D eigenvalue weighted by Crippen LogP contribution is -2.18. The van der Waals surface area contributed by atoms with Gasteiger partial charge in [0.1, 0.15) is 0 Å². The van der Waals surface area contributed by atoms with Crippen LogP contribution in [-0.4, -0.2) is 6.54 Å². The number of allylic oxidation sites excluding steroid dienone is 5. The molecule has 0 N–H and O–H groups in total. The second kappa shape index (κ2) is 13.6. The van der Waals surface area contributed by atoms with Crippen molar-refractivity contribution in [2.45, 2.75) is 38.0 Å². The van der Waals surface area contributed by atoms with Crippen molar-refractivity contribution in [3.8, 4) is 0 Å². The average Bonchev–Trinajstić information content (AvgIpc) is 3.75. The van der Waals surface area contributed by atoms with Crippen LogP contribution in [0.3, 0.4) is 0 Å². The predicted octanol–water partition coefficient (Wildman–Crippen LogP) is 13.1. The van der Waals surface area contributed by atoms with Gasteiger partial charge in [-0.15, -0.1) is 11.3 Å². The zero-order valence-electron chi connectivity index (χ0n) is 25.8. The van der Waals surface area contributed by atoms with E-state index in [1.165, 1.54) is 53.0 Å². The van der Waals surface area contributed by atoms with Crippen molar-refractivity contribution in [2.24, 2.45) is 0 Å². The van der Waals surface area contributed by atoms with Gasteiger partial charge in [-0.1, -0.05) is 90.4 Å². The Morgan fingerprint density at radius 3 is 2.17 bits per heavy atom. The first-order valence-corrected chi connectivity index (χ1v) is 18.1. The Morgan fingerprint density at radius 1 is 0.783 bits per heavy atom. The third-order valence-electron chi connectivity index (χ3n) is 8.53. The number of aryl methyl sites for hydroxylation is 1. The van der Waals surface area contributed by atoms with Crippen molar-refractivity contribution >= 4 is 79.5 Å². The summed E-state index contributed by atoms with van der Waals surface area (Å²) in [6.07, 6.45) is 12.2. The standard InChI is InChI=1S/C40H34Cl2N2S2/c1-3-33-34-25-29(41)19-22-37(34)45-36(33)21-17-27-15-16-28(18-24-39-43(4-2)35-26-30(42)20-23-38(35)46-39)40(27)44(31-11-7-5-8-12-31)32-13-9-6-10-14-32/h5-14,17-26H,3-4,15-16H2,1-2H3/b21-17+,28-18+,39-24+. The van der Waals surface area contributed by atoms with Crippen molar-refractivity contribution in [1.29, 1.82) is 0 Å². The first-order chi connectivity index (χ1) is 22.5. The number of benzene rings is 4. The summed E-state index contributed by atoms with van der Waals surface area (Å²) in [4.78, 5) is 7.33. The summed E-state index contributed by atoms with van der Waals surface area (Å²) >= 11 is 16.5. The first kappa shape index (κ1) is 31.0. The molecule has 1 aliphatic heterocycles. The van der Waals surface area contributed by atoms with Gasteiger partial charge in [0.2, 0.25) is 0 Å². The Kier molecular flexibility index (Phi) is 9.15. The molecule has 4 aromatic carbocycles. The van der Waals surface area contributed by atoms with Crippen molar-refractivity contribution < 1.29 is 0 Å². The van der Waals surface area contributed by atoms with Crippen LogP contribution in [0.5, 0.6) is 0 Å². The number of thiophene rings is 1. The molecule has 1 aromatic heterocycles. The van der Waals surface area contributed by atoms with E-state index in [0.717, 1.165) is 47.2 Å². The smallest absolute Gasteiger partial charge is 0.0801 e. The summed E-state index contributed by atoms with van der Waals surface area (Å²) < 4.78 is 1.28. The van der Waals surface area contributed by atoms with Gasteiger partial charge < -0.3 is 9.80 Å². The quantitative estimate of drug-likeness (QED) is 0.161. The number of para-hydroxylation sites is 2. The fourth-order valence-corrected chi connectivity index (χ4v) is 9.02. The summed E-state index contributed by atoms with van der Waals surface area (Å²) in [6.45, 7) is 5.31. The van der Waals surface area contributed by atoms with Crippen LogP contribution in [0, 0.1) is 0 Å². The molecule has 7 rings (SSSR count). The Balaban J connectivity index is 1.36. The van der Waals surface area contributed by atoms with Gasteiger partial charge in [0.15, 0.2) is 0 Å². The van der Waals surface area contributed by atoms with E-state index in [1.807, 2.05) is 35.2 Å². The molecule has 0 saturated carbocycles.